The summed E-state index contributed by atoms with van der Waals surface area (Å²) in [5.41, 5.74) is 11.4. The molecule has 0 saturated carbocycles. The number of carbonyl (C=O) groups is 2. The molecule has 0 aliphatic carbocycles. The number of fused-ring (bicyclic) bond motifs is 1. The largest absolute Gasteiger partial charge is 0.547 e. The molecule has 2 heterocycles. The van der Waals surface area contributed by atoms with Crippen LogP contribution in [0, 0.1) is 5.92 Å². The average Bonchev–Trinajstić information content (AvgIpc) is 2.66. The average molecular weight is 403 g/mol. The van der Waals surface area contributed by atoms with Crippen LogP contribution in [0.25, 0.3) is 0 Å². The maximum Gasteiger partial charge on any atom is 0.547 e. The predicted molar refractivity (Wildman–Crippen MR) is 107 cm³/mol. The van der Waals surface area contributed by atoms with Crippen LogP contribution >= 0.6 is 0 Å². The molecule has 156 valence electrons. The molecule has 0 spiro atoms. The van der Waals surface area contributed by atoms with E-state index in [1.165, 1.54) is 6.07 Å². The Bertz CT molecular complexity index is 801. The van der Waals surface area contributed by atoms with Crippen molar-refractivity contribution in [1.29, 1.82) is 0 Å². The van der Waals surface area contributed by atoms with Gasteiger partial charge in [0.2, 0.25) is 5.91 Å². The van der Waals surface area contributed by atoms with E-state index in [1.54, 1.807) is 12.1 Å². The molecule has 2 aliphatic rings. The fourth-order valence-corrected chi connectivity index (χ4v) is 3.85. The second-order valence-corrected chi connectivity index (χ2v) is 7.49. The number of likely N-dealkylation sites (tertiary alicyclic amines) is 1. The van der Waals surface area contributed by atoms with Crippen LogP contribution < -0.4 is 21.4 Å². The number of piperidine rings is 1. The second-order valence-electron chi connectivity index (χ2n) is 7.49. The Morgan fingerprint density at radius 2 is 2.17 bits per heavy atom. The van der Waals surface area contributed by atoms with Crippen LogP contribution in [0.5, 0.6) is 5.75 Å². The normalized spacial score (nSPS) is 21.6. The molecule has 11 heteroatoms. The van der Waals surface area contributed by atoms with Crippen LogP contribution in [0.4, 0.5) is 0 Å². The number of hydrogen-bond acceptors (Lipinski definition) is 6. The van der Waals surface area contributed by atoms with E-state index < -0.39 is 19.0 Å². The molecule has 1 saturated heterocycles. The first-order valence-electron chi connectivity index (χ1n) is 9.60. The molecule has 1 aromatic rings. The van der Waals surface area contributed by atoms with E-state index >= 15 is 0 Å². The van der Waals surface area contributed by atoms with Crippen molar-refractivity contribution in [3.8, 4) is 5.75 Å². The molecule has 3 rings (SSSR count). The molecule has 1 amide bonds. The van der Waals surface area contributed by atoms with E-state index in [4.69, 9.17) is 16.1 Å². The van der Waals surface area contributed by atoms with Crippen molar-refractivity contribution in [2.75, 3.05) is 26.2 Å². The molecule has 0 aromatic heterocycles. The van der Waals surface area contributed by atoms with Gasteiger partial charge in [0.1, 0.15) is 5.75 Å². The van der Waals surface area contributed by atoms with Gasteiger partial charge in [-0.1, -0.05) is 12.1 Å². The lowest BCUT2D eigenvalue weighted by Gasteiger charge is -2.33. The van der Waals surface area contributed by atoms with Gasteiger partial charge in [-0.25, -0.2) is 4.79 Å². The van der Waals surface area contributed by atoms with E-state index in [1.807, 2.05) is 4.90 Å². The lowest BCUT2D eigenvalue weighted by atomic mass is 9.72. The summed E-state index contributed by atoms with van der Waals surface area (Å²) in [5, 5.41) is 22.3. The van der Waals surface area contributed by atoms with E-state index in [0.29, 0.717) is 18.0 Å². The van der Waals surface area contributed by atoms with Gasteiger partial charge in [0, 0.05) is 13.1 Å². The van der Waals surface area contributed by atoms with Gasteiger partial charge in [-0.3, -0.25) is 14.7 Å². The zero-order valence-electron chi connectivity index (χ0n) is 16.1. The first-order valence-corrected chi connectivity index (χ1v) is 9.60. The number of nitrogens with two attached hydrogens (primary N) is 2. The minimum Gasteiger partial charge on any atom is -0.534 e. The van der Waals surface area contributed by atoms with E-state index in [2.05, 4.69) is 10.3 Å². The molecular weight excluding hydrogens is 377 g/mol. The molecule has 7 N–H and O–H groups in total. The first-order chi connectivity index (χ1) is 13.8. The van der Waals surface area contributed by atoms with Crippen molar-refractivity contribution >= 4 is 25.0 Å². The van der Waals surface area contributed by atoms with Gasteiger partial charge in [-0.15, -0.1) is 0 Å². The number of aliphatic imine (C=N–C) groups is 1. The molecule has 2 aliphatic heterocycles. The number of benzene rings is 1. The highest BCUT2D eigenvalue weighted by Crippen LogP contribution is 2.30. The molecule has 0 bridgehead atoms. The highest BCUT2D eigenvalue weighted by Gasteiger charge is 2.38. The standard InChI is InChI=1S/C18H26BN5O5/c20-18(21)22-8-11-3-2-6-24(9-11)10-15(25)23-14-7-12-4-1-5-13(17(26)27)16(12)29-19(14)28/h1,4-5,11,14,28H,2-3,6-10H2,(H,23,25)(H,26,27)(H4,20,21,22)/t11?,14-/m0/s1. The Kier molecular flexibility index (Phi) is 6.60. The third kappa shape index (κ3) is 5.39. The number of nitrogens with zero attached hydrogens (tertiary/aromatic N) is 2. The highest BCUT2D eigenvalue weighted by atomic mass is 16.5. The highest BCUT2D eigenvalue weighted by molar-refractivity contribution is 6.47. The van der Waals surface area contributed by atoms with Crippen molar-refractivity contribution in [2.24, 2.45) is 22.4 Å². The van der Waals surface area contributed by atoms with E-state index in [0.717, 1.165) is 25.9 Å². The summed E-state index contributed by atoms with van der Waals surface area (Å²) in [6.07, 6.45) is 2.25. The number of carboxylic acids is 1. The number of aromatic carboxylic acids is 1. The van der Waals surface area contributed by atoms with Gasteiger partial charge in [0.25, 0.3) is 0 Å². The summed E-state index contributed by atoms with van der Waals surface area (Å²) >= 11 is 0. The summed E-state index contributed by atoms with van der Waals surface area (Å²) < 4.78 is 5.41. The quantitative estimate of drug-likeness (QED) is 0.225. The molecule has 1 unspecified atom stereocenters. The molecule has 0 radical (unpaired) electrons. The fraction of sp³-hybridized carbons (Fsp3) is 0.500. The van der Waals surface area contributed by atoms with Gasteiger partial charge in [-0.2, -0.15) is 0 Å². The van der Waals surface area contributed by atoms with Crippen LogP contribution in [0.1, 0.15) is 28.8 Å². The van der Waals surface area contributed by atoms with Crippen molar-refractivity contribution in [3.63, 3.8) is 0 Å². The summed E-state index contributed by atoms with van der Waals surface area (Å²) in [6, 6.07) is 4.76. The number of carboxylic acid groups (broad SMARTS) is 1. The minimum atomic E-state index is -1.32. The number of rotatable bonds is 6. The van der Waals surface area contributed by atoms with Crippen LogP contribution in [-0.2, 0) is 11.2 Å². The first kappa shape index (κ1) is 20.9. The minimum absolute atomic E-state index is 0.00791. The van der Waals surface area contributed by atoms with Crippen molar-refractivity contribution in [2.45, 2.75) is 25.2 Å². The summed E-state index contributed by atoms with van der Waals surface area (Å²) in [7, 11) is -1.32. The van der Waals surface area contributed by atoms with Crippen molar-refractivity contribution < 1.29 is 24.4 Å². The summed E-state index contributed by atoms with van der Waals surface area (Å²) in [6.45, 7) is 2.26. The lowest BCUT2D eigenvalue weighted by Crippen LogP contribution is -2.55. The van der Waals surface area contributed by atoms with Crippen LogP contribution in [0.15, 0.2) is 23.2 Å². The van der Waals surface area contributed by atoms with Gasteiger partial charge >= 0.3 is 13.1 Å². The topological polar surface area (TPSA) is 163 Å². The molecule has 2 atom stereocenters. The van der Waals surface area contributed by atoms with Gasteiger partial charge in [0.15, 0.2) is 5.96 Å². The molecule has 29 heavy (non-hydrogen) atoms. The van der Waals surface area contributed by atoms with Crippen molar-refractivity contribution in [3.05, 3.63) is 29.3 Å². The number of hydrogen-bond donors (Lipinski definition) is 5. The number of carbonyl (C=O) groups excluding carboxylic acids is 1. The molecular formula is C18H26BN5O5. The zero-order chi connectivity index (χ0) is 21.0. The van der Waals surface area contributed by atoms with Gasteiger partial charge in [-0.05, 0) is 43.4 Å². The Hall–Kier alpha value is -2.79. The fourth-order valence-electron chi connectivity index (χ4n) is 3.85. The Labute approximate surface area is 169 Å². The molecule has 1 aromatic carbocycles. The van der Waals surface area contributed by atoms with Crippen LogP contribution in [0.2, 0.25) is 0 Å². The van der Waals surface area contributed by atoms with Gasteiger partial charge in [0.05, 0.1) is 18.0 Å². The number of nitrogens with one attached hydrogen (secondary N) is 1. The van der Waals surface area contributed by atoms with Crippen molar-refractivity contribution in [1.82, 2.24) is 10.2 Å². The third-order valence-corrected chi connectivity index (χ3v) is 5.20. The second kappa shape index (κ2) is 9.14. The third-order valence-electron chi connectivity index (χ3n) is 5.20. The SMILES string of the molecule is NC(N)=NCC1CCCN(CC(=O)N[C@H]2Cc3cccc(C(=O)O)c3OB2O)C1. The summed E-state index contributed by atoms with van der Waals surface area (Å²) in [4.78, 5) is 29.9. The number of guanidine groups is 1. The Morgan fingerprint density at radius 1 is 1.38 bits per heavy atom. The molecule has 10 nitrogen and oxygen atoms in total. The monoisotopic (exact) mass is 403 g/mol. The lowest BCUT2D eigenvalue weighted by molar-refractivity contribution is -0.123. The van der Waals surface area contributed by atoms with E-state index in [9.17, 15) is 19.7 Å². The molecule has 1 fully saturated rings. The summed E-state index contributed by atoms with van der Waals surface area (Å²) in [5.74, 6) is -1.49. The Balaban J connectivity index is 1.56. The predicted octanol–water partition coefficient (Wildman–Crippen LogP) is -1.19. The van der Waals surface area contributed by atoms with E-state index in [-0.39, 0.29) is 36.1 Å². The Morgan fingerprint density at radius 3 is 2.90 bits per heavy atom. The van der Waals surface area contributed by atoms with Crippen LogP contribution in [0.3, 0.4) is 0 Å². The number of amides is 1. The maximum atomic E-state index is 12.5. The van der Waals surface area contributed by atoms with Gasteiger partial charge < -0.3 is 31.6 Å². The smallest absolute Gasteiger partial charge is 0.534 e. The zero-order valence-corrected chi connectivity index (χ0v) is 16.1. The number of para-hydroxylation sites is 1. The maximum absolute atomic E-state index is 12.5. The van der Waals surface area contributed by atoms with Crippen LogP contribution in [-0.4, -0.2) is 72.1 Å².